The topological polar surface area (TPSA) is 37.4 Å². The van der Waals surface area contributed by atoms with Crippen LogP contribution in [0.15, 0.2) is 36.4 Å². The van der Waals surface area contributed by atoms with E-state index in [0.29, 0.717) is 23.7 Å². The summed E-state index contributed by atoms with van der Waals surface area (Å²) in [6, 6.07) is 6.81. The minimum absolute atomic E-state index is 0.130. The Bertz CT molecular complexity index is 491. The summed E-state index contributed by atoms with van der Waals surface area (Å²) in [4.78, 5) is 25.7. The van der Waals surface area contributed by atoms with E-state index in [1.807, 2.05) is 13.8 Å². The number of carbonyl (C=O) groups is 2. The van der Waals surface area contributed by atoms with Crippen LogP contribution >= 0.6 is 11.6 Å². The second kappa shape index (κ2) is 8.54. The molecule has 0 atom stereocenters. The fourth-order valence-corrected chi connectivity index (χ4v) is 2.10. The van der Waals surface area contributed by atoms with E-state index in [1.54, 1.807) is 29.2 Å². The van der Waals surface area contributed by atoms with Gasteiger partial charge in [-0.3, -0.25) is 9.59 Å². The van der Waals surface area contributed by atoms with Gasteiger partial charge < -0.3 is 4.90 Å². The molecule has 0 fully saturated rings. The molecule has 0 bridgehead atoms. The monoisotopic (exact) mass is 293 g/mol. The van der Waals surface area contributed by atoms with Crippen LogP contribution in [-0.2, 0) is 4.79 Å². The number of ketones is 1. The average Bonchev–Trinajstić information content (AvgIpc) is 2.44. The van der Waals surface area contributed by atoms with Gasteiger partial charge in [0.05, 0.1) is 5.02 Å². The fourth-order valence-electron chi connectivity index (χ4n) is 1.88. The number of hydrogen-bond acceptors (Lipinski definition) is 2. The summed E-state index contributed by atoms with van der Waals surface area (Å²) in [5.41, 5.74) is 0.413. The highest BCUT2D eigenvalue weighted by Crippen LogP contribution is 2.15. The van der Waals surface area contributed by atoms with Crippen LogP contribution in [0.5, 0.6) is 0 Å². The molecule has 0 aromatic heterocycles. The number of allylic oxidation sites excluding steroid dienone is 1. The highest BCUT2D eigenvalue weighted by molar-refractivity contribution is 6.34. The van der Waals surface area contributed by atoms with Crippen LogP contribution in [0.25, 0.3) is 0 Å². The molecular weight excluding hydrogens is 274 g/mol. The van der Waals surface area contributed by atoms with Gasteiger partial charge >= 0.3 is 0 Å². The molecule has 0 N–H and O–H groups in total. The number of rotatable bonds is 7. The number of amides is 1. The molecule has 0 radical (unpaired) electrons. The largest absolute Gasteiger partial charge is 0.339 e. The second-order valence-electron chi connectivity index (χ2n) is 4.50. The third-order valence-corrected chi connectivity index (χ3v) is 3.14. The zero-order valence-corrected chi connectivity index (χ0v) is 12.7. The van der Waals surface area contributed by atoms with E-state index in [4.69, 9.17) is 11.6 Å². The maximum absolute atomic E-state index is 12.0. The van der Waals surface area contributed by atoms with Gasteiger partial charge in [-0.1, -0.05) is 37.6 Å². The molecule has 1 amide bonds. The fraction of sp³-hybridized carbons (Fsp3) is 0.375. The molecule has 0 aliphatic carbocycles. The summed E-state index contributed by atoms with van der Waals surface area (Å²) >= 11 is 5.95. The van der Waals surface area contributed by atoms with Crippen LogP contribution in [0.4, 0.5) is 0 Å². The number of nitrogens with zero attached hydrogens (tertiary/aromatic N) is 1. The Morgan fingerprint density at radius 2 is 1.70 bits per heavy atom. The molecule has 3 nitrogen and oxygen atoms in total. The van der Waals surface area contributed by atoms with Gasteiger partial charge in [0, 0.05) is 24.7 Å². The van der Waals surface area contributed by atoms with E-state index < -0.39 is 0 Å². The lowest BCUT2D eigenvalue weighted by atomic mass is 10.1. The minimum atomic E-state index is -0.253. The minimum Gasteiger partial charge on any atom is -0.339 e. The molecular formula is C16H20ClNO2. The SMILES string of the molecule is CCCN(CCC)C(=O)/C=C/C(=O)c1ccccc1Cl. The molecule has 0 aliphatic rings. The van der Waals surface area contributed by atoms with Crippen molar-refractivity contribution in [2.24, 2.45) is 0 Å². The molecule has 108 valence electrons. The Kier molecular flexibility index (Phi) is 7.02. The molecule has 0 saturated carbocycles. The molecule has 0 saturated heterocycles. The first kappa shape index (κ1) is 16.4. The number of halogens is 1. The van der Waals surface area contributed by atoms with Gasteiger partial charge in [-0.15, -0.1) is 0 Å². The molecule has 20 heavy (non-hydrogen) atoms. The van der Waals surface area contributed by atoms with Gasteiger partial charge in [-0.25, -0.2) is 0 Å². The average molecular weight is 294 g/mol. The maximum atomic E-state index is 12.0. The molecule has 1 aromatic carbocycles. The summed E-state index contributed by atoms with van der Waals surface area (Å²) in [6.45, 7) is 5.46. The first-order valence-electron chi connectivity index (χ1n) is 6.86. The Balaban J connectivity index is 2.73. The van der Waals surface area contributed by atoms with Crippen LogP contribution in [-0.4, -0.2) is 29.7 Å². The lowest BCUT2D eigenvalue weighted by Gasteiger charge is -2.19. The molecule has 0 aliphatic heterocycles. The maximum Gasteiger partial charge on any atom is 0.246 e. The van der Waals surface area contributed by atoms with Crippen molar-refractivity contribution in [2.45, 2.75) is 26.7 Å². The van der Waals surface area contributed by atoms with Crippen LogP contribution < -0.4 is 0 Å². The Hall–Kier alpha value is -1.61. The van der Waals surface area contributed by atoms with Gasteiger partial charge in [0.1, 0.15) is 0 Å². The van der Waals surface area contributed by atoms with Gasteiger partial charge in [0.2, 0.25) is 5.91 Å². The molecule has 0 spiro atoms. The lowest BCUT2D eigenvalue weighted by Crippen LogP contribution is -2.31. The Morgan fingerprint density at radius 1 is 1.10 bits per heavy atom. The highest BCUT2D eigenvalue weighted by atomic mass is 35.5. The Labute approximate surface area is 125 Å². The van der Waals surface area contributed by atoms with Crippen molar-refractivity contribution in [3.8, 4) is 0 Å². The van der Waals surface area contributed by atoms with Crippen molar-refractivity contribution >= 4 is 23.3 Å². The van der Waals surface area contributed by atoms with Gasteiger partial charge in [-0.2, -0.15) is 0 Å². The van der Waals surface area contributed by atoms with Crippen molar-refractivity contribution in [1.29, 1.82) is 0 Å². The van der Waals surface area contributed by atoms with Crippen molar-refractivity contribution in [2.75, 3.05) is 13.1 Å². The van der Waals surface area contributed by atoms with E-state index >= 15 is 0 Å². The summed E-state index contributed by atoms with van der Waals surface area (Å²) in [5, 5.41) is 0.397. The lowest BCUT2D eigenvalue weighted by molar-refractivity contribution is -0.126. The number of benzene rings is 1. The summed E-state index contributed by atoms with van der Waals surface area (Å²) in [7, 11) is 0. The predicted octanol–water partition coefficient (Wildman–Crippen LogP) is 3.73. The van der Waals surface area contributed by atoms with Crippen LogP contribution in [0.1, 0.15) is 37.0 Å². The molecule has 4 heteroatoms. The smallest absolute Gasteiger partial charge is 0.246 e. The van der Waals surface area contributed by atoms with E-state index in [9.17, 15) is 9.59 Å². The quantitative estimate of drug-likeness (QED) is 0.567. The van der Waals surface area contributed by atoms with Crippen molar-refractivity contribution in [1.82, 2.24) is 4.90 Å². The third-order valence-electron chi connectivity index (χ3n) is 2.82. The van der Waals surface area contributed by atoms with E-state index in [0.717, 1.165) is 12.8 Å². The summed E-state index contributed by atoms with van der Waals surface area (Å²) in [6.07, 6.45) is 4.43. The highest BCUT2D eigenvalue weighted by Gasteiger charge is 2.10. The predicted molar refractivity (Wildman–Crippen MR) is 82.1 cm³/mol. The van der Waals surface area contributed by atoms with Crippen molar-refractivity contribution < 1.29 is 9.59 Å². The van der Waals surface area contributed by atoms with E-state index in [-0.39, 0.29) is 11.7 Å². The first-order valence-corrected chi connectivity index (χ1v) is 7.23. The van der Waals surface area contributed by atoms with Gasteiger partial charge in [-0.05, 0) is 31.1 Å². The molecule has 1 aromatic rings. The van der Waals surface area contributed by atoms with Crippen LogP contribution in [0.2, 0.25) is 5.02 Å². The number of hydrogen-bond donors (Lipinski definition) is 0. The summed E-state index contributed by atoms with van der Waals surface area (Å²) in [5.74, 6) is -0.383. The van der Waals surface area contributed by atoms with Crippen molar-refractivity contribution in [3.63, 3.8) is 0 Å². The zero-order valence-electron chi connectivity index (χ0n) is 11.9. The third kappa shape index (κ3) is 4.82. The van der Waals surface area contributed by atoms with Gasteiger partial charge in [0.25, 0.3) is 0 Å². The zero-order chi connectivity index (χ0) is 15.0. The first-order chi connectivity index (χ1) is 9.60. The van der Waals surface area contributed by atoms with Crippen LogP contribution in [0.3, 0.4) is 0 Å². The normalized spacial score (nSPS) is 10.8. The molecule has 0 unspecified atom stereocenters. The standard InChI is InChI=1S/C16H20ClNO2/c1-3-11-18(12-4-2)16(20)10-9-15(19)13-7-5-6-8-14(13)17/h5-10H,3-4,11-12H2,1-2H3/b10-9+. The second-order valence-corrected chi connectivity index (χ2v) is 4.91. The Morgan fingerprint density at radius 3 is 2.25 bits per heavy atom. The van der Waals surface area contributed by atoms with Crippen molar-refractivity contribution in [3.05, 3.63) is 47.0 Å². The molecule has 1 rings (SSSR count). The van der Waals surface area contributed by atoms with E-state index in [1.165, 1.54) is 12.2 Å². The molecule has 0 heterocycles. The number of carbonyl (C=O) groups excluding carboxylic acids is 2. The summed E-state index contributed by atoms with van der Waals surface area (Å²) < 4.78 is 0. The van der Waals surface area contributed by atoms with Gasteiger partial charge in [0.15, 0.2) is 5.78 Å². The van der Waals surface area contributed by atoms with E-state index in [2.05, 4.69) is 0 Å². The van der Waals surface area contributed by atoms with Crippen LogP contribution in [0, 0.1) is 0 Å².